The van der Waals surface area contributed by atoms with Crippen LogP contribution in [0, 0.1) is 11.6 Å². The van der Waals surface area contributed by atoms with Crippen LogP contribution < -0.4 is 16.4 Å². The Morgan fingerprint density at radius 2 is 1.09 bits per heavy atom. The molecule has 0 spiro atoms. The topological polar surface area (TPSA) is 110 Å². The van der Waals surface area contributed by atoms with Crippen LogP contribution in [0.3, 0.4) is 0 Å². The van der Waals surface area contributed by atoms with Crippen molar-refractivity contribution in [3.8, 4) is 0 Å². The molecule has 0 bridgehead atoms. The lowest BCUT2D eigenvalue weighted by Crippen LogP contribution is -2.58. The quantitative estimate of drug-likeness (QED) is 0.177. The SMILES string of the molecule is CCC(NC(=O)c1cccc2cc3cc(F)ccc3nc12)C(N)C(CC)NC(=O)c1cccc2cc3cc(F)ccc3nc12. The molecule has 2 atom stereocenters. The lowest BCUT2D eigenvalue weighted by Gasteiger charge is -2.31. The van der Waals surface area contributed by atoms with Gasteiger partial charge in [0.1, 0.15) is 11.6 Å². The minimum atomic E-state index is -0.601. The highest BCUT2D eigenvalue weighted by Gasteiger charge is 2.28. The van der Waals surface area contributed by atoms with E-state index in [2.05, 4.69) is 20.6 Å². The van der Waals surface area contributed by atoms with Gasteiger partial charge >= 0.3 is 0 Å². The van der Waals surface area contributed by atoms with Crippen LogP contribution in [0.1, 0.15) is 47.4 Å². The summed E-state index contributed by atoms with van der Waals surface area (Å²) in [5.41, 5.74) is 9.65. The zero-order valence-electron chi connectivity index (χ0n) is 24.3. The summed E-state index contributed by atoms with van der Waals surface area (Å²) in [6.45, 7) is 3.84. The smallest absolute Gasteiger partial charge is 0.253 e. The van der Waals surface area contributed by atoms with Crippen LogP contribution >= 0.6 is 0 Å². The van der Waals surface area contributed by atoms with Gasteiger partial charge < -0.3 is 16.4 Å². The van der Waals surface area contributed by atoms with Crippen molar-refractivity contribution >= 4 is 55.4 Å². The molecule has 44 heavy (non-hydrogen) atoms. The molecule has 0 aliphatic heterocycles. The third-order valence-electron chi connectivity index (χ3n) is 8.13. The van der Waals surface area contributed by atoms with E-state index in [1.165, 1.54) is 24.3 Å². The number of fused-ring (bicyclic) bond motifs is 4. The molecule has 0 aliphatic carbocycles. The molecule has 6 rings (SSSR count). The number of amides is 2. The average molecular weight is 592 g/mol. The molecule has 6 aromatic rings. The minimum Gasteiger partial charge on any atom is -0.348 e. The van der Waals surface area contributed by atoms with Crippen LogP contribution in [0.25, 0.3) is 43.6 Å². The van der Waals surface area contributed by atoms with Gasteiger partial charge in [-0.25, -0.2) is 18.7 Å². The van der Waals surface area contributed by atoms with Gasteiger partial charge in [0.05, 0.1) is 33.2 Å². The average Bonchev–Trinajstić information content (AvgIpc) is 3.03. The second kappa shape index (κ2) is 11.9. The summed E-state index contributed by atoms with van der Waals surface area (Å²) < 4.78 is 27.5. The molecule has 2 heterocycles. The Bertz CT molecular complexity index is 1920. The van der Waals surface area contributed by atoms with Crippen molar-refractivity contribution in [3.05, 3.63) is 108 Å². The maximum atomic E-state index is 13.8. The molecule has 2 unspecified atom stereocenters. The van der Waals surface area contributed by atoms with Crippen LogP contribution in [0.4, 0.5) is 8.78 Å². The number of nitrogens with zero attached hydrogens (tertiary/aromatic N) is 2. The summed E-state index contributed by atoms with van der Waals surface area (Å²) in [4.78, 5) is 36.4. The maximum absolute atomic E-state index is 13.8. The first-order chi connectivity index (χ1) is 21.2. The van der Waals surface area contributed by atoms with Crippen molar-refractivity contribution in [3.63, 3.8) is 0 Å². The van der Waals surface area contributed by atoms with Crippen LogP contribution in [0.2, 0.25) is 0 Å². The molecule has 7 nitrogen and oxygen atoms in total. The number of rotatable bonds is 8. The van der Waals surface area contributed by atoms with E-state index in [9.17, 15) is 18.4 Å². The number of aromatic nitrogens is 2. The highest BCUT2D eigenvalue weighted by molar-refractivity contribution is 6.09. The number of hydrogen-bond donors (Lipinski definition) is 3. The van der Waals surface area contributed by atoms with Crippen molar-refractivity contribution in [2.45, 2.75) is 44.8 Å². The molecule has 222 valence electrons. The van der Waals surface area contributed by atoms with E-state index in [1.807, 2.05) is 38.1 Å². The molecule has 2 amide bonds. The molecule has 9 heteroatoms. The van der Waals surface area contributed by atoms with Gasteiger partial charge in [0, 0.05) is 39.7 Å². The first-order valence-electron chi connectivity index (χ1n) is 14.6. The fourth-order valence-electron chi connectivity index (χ4n) is 5.75. The second-order valence-corrected chi connectivity index (χ2v) is 11.0. The monoisotopic (exact) mass is 591 g/mol. The van der Waals surface area contributed by atoms with Crippen LogP contribution in [0.15, 0.2) is 84.9 Å². The predicted octanol–water partition coefficient (Wildman–Crippen LogP) is 6.41. The van der Waals surface area contributed by atoms with E-state index in [-0.39, 0.29) is 23.4 Å². The first-order valence-corrected chi connectivity index (χ1v) is 14.6. The maximum Gasteiger partial charge on any atom is 0.253 e. The predicted molar refractivity (Wildman–Crippen MR) is 169 cm³/mol. The highest BCUT2D eigenvalue weighted by Crippen LogP contribution is 2.25. The number of carbonyl (C=O) groups is 2. The molecular weight excluding hydrogens is 560 g/mol. The first kappa shape index (κ1) is 29.1. The zero-order valence-corrected chi connectivity index (χ0v) is 24.3. The number of nitrogens with two attached hydrogens (primary N) is 1. The Balaban J connectivity index is 1.23. The Kier molecular flexibility index (Phi) is 7.88. The molecule has 2 aromatic heterocycles. The summed E-state index contributed by atoms with van der Waals surface area (Å²) in [7, 11) is 0. The molecule has 0 fully saturated rings. The normalized spacial score (nSPS) is 13.7. The Labute approximate surface area is 252 Å². The third kappa shape index (κ3) is 5.54. The van der Waals surface area contributed by atoms with E-state index in [0.717, 1.165) is 0 Å². The molecule has 4 N–H and O–H groups in total. The Morgan fingerprint density at radius 1 is 0.659 bits per heavy atom. The van der Waals surface area contributed by atoms with Crippen molar-refractivity contribution in [1.29, 1.82) is 0 Å². The fourth-order valence-corrected chi connectivity index (χ4v) is 5.75. The number of halogens is 2. The second-order valence-electron chi connectivity index (χ2n) is 11.0. The van der Waals surface area contributed by atoms with Crippen LogP contribution in [0.5, 0.6) is 0 Å². The van der Waals surface area contributed by atoms with E-state index < -0.39 is 18.1 Å². The fraction of sp³-hybridized carbons (Fsp3) is 0.200. The van der Waals surface area contributed by atoms with E-state index >= 15 is 0 Å². The van der Waals surface area contributed by atoms with Crippen molar-refractivity contribution in [1.82, 2.24) is 20.6 Å². The van der Waals surface area contributed by atoms with Gasteiger partial charge in [-0.1, -0.05) is 38.1 Å². The summed E-state index contributed by atoms with van der Waals surface area (Å²) in [5, 5.41) is 8.84. The molecule has 0 radical (unpaired) electrons. The van der Waals surface area contributed by atoms with Gasteiger partial charge in [-0.05, 0) is 73.5 Å². The summed E-state index contributed by atoms with van der Waals surface area (Å²) in [6, 6.07) is 21.4. The number of pyridine rings is 2. The molecular formula is C35H31F2N5O2. The molecule has 0 saturated carbocycles. The number of para-hydroxylation sites is 2. The van der Waals surface area contributed by atoms with Crippen LogP contribution in [-0.2, 0) is 0 Å². The summed E-state index contributed by atoms with van der Waals surface area (Å²) in [6.07, 6.45) is 1.05. The van der Waals surface area contributed by atoms with Crippen molar-refractivity contribution in [2.75, 3.05) is 0 Å². The standard InChI is InChI=1S/C35H31F2N5O2/c1-3-27(41-34(43)25-9-5-7-19-15-21-17-23(36)11-13-29(21)39-32(19)25)31(38)28(4-2)42-35(44)26-10-6-8-20-16-22-18-24(37)12-14-30(22)40-33(20)26/h5-18,27-28,31H,3-4,38H2,1-2H3,(H,41,43)(H,42,44). The Morgan fingerprint density at radius 3 is 1.50 bits per heavy atom. The largest absolute Gasteiger partial charge is 0.348 e. The molecule has 4 aromatic carbocycles. The summed E-state index contributed by atoms with van der Waals surface area (Å²) in [5.74, 6) is -1.39. The van der Waals surface area contributed by atoms with Crippen molar-refractivity contribution in [2.24, 2.45) is 5.73 Å². The Hall–Kier alpha value is -5.02. The van der Waals surface area contributed by atoms with Gasteiger partial charge in [0.15, 0.2) is 0 Å². The van der Waals surface area contributed by atoms with Gasteiger partial charge in [-0.2, -0.15) is 0 Å². The zero-order chi connectivity index (χ0) is 31.0. The lowest BCUT2D eigenvalue weighted by molar-refractivity contribution is 0.0909. The van der Waals surface area contributed by atoms with Gasteiger partial charge in [0.2, 0.25) is 0 Å². The van der Waals surface area contributed by atoms with E-state index in [1.54, 1.807) is 36.4 Å². The molecule has 0 aliphatic rings. The minimum absolute atomic E-state index is 0.338. The number of nitrogens with one attached hydrogen (secondary N) is 2. The number of hydrogen-bond acceptors (Lipinski definition) is 5. The third-order valence-corrected chi connectivity index (χ3v) is 8.13. The lowest BCUT2D eigenvalue weighted by atomic mass is 9.95. The van der Waals surface area contributed by atoms with Gasteiger partial charge in [0.25, 0.3) is 11.8 Å². The highest BCUT2D eigenvalue weighted by atomic mass is 19.1. The van der Waals surface area contributed by atoms with Crippen LogP contribution in [-0.4, -0.2) is 39.9 Å². The number of carbonyl (C=O) groups excluding carboxylic acids is 2. The van der Waals surface area contributed by atoms with Crippen molar-refractivity contribution < 1.29 is 18.4 Å². The molecule has 0 saturated heterocycles. The van der Waals surface area contributed by atoms with E-state index in [0.29, 0.717) is 67.6 Å². The summed E-state index contributed by atoms with van der Waals surface area (Å²) >= 11 is 0. The number of benzene rings is 4. The van der Waals surface area contributed by atoms with E-state index in [4.69, 9.17) is 5.73 Å². The van der Waals surface area contributed by atoms with Gasteiger partial charge in [-0.15, -0.1) is 0 Å². The van der Waals surface area contributed by atoms with Gasteiger partial charge in [-0.3, -0.25) is 9.59 Å².